The molecule has 0 unspecified atom stereocenters. The lowest BCUT2D eigenvalue weighted by Gasteiger charge is -2.24. The fourth-order valence-corrected chi connectivity index (χ4v) is 3.13. The van der Waals surface area contributed by atoms with Crippen molar-refractivity contribution >= 4 is 32.9 Å². The molecule has 6 heteroatoms. The number of nitrogens with zero attached hydrogens (tertiary/aromatic N) is 3. The minimum absolute atomic E-state index is 0.200. The van der Waals surface area contributed by atoms with E-state index in [0.717, 1.165) is 21.8 Å². The van der Waals surface area contributed by atoms with Crippen LogP contribution in [0.1, 0.15) is 33.2 Å². The number of halogens is 1. The summed E-state index contributed by atoms with van der Waals surface area (Å²) in [5.74, 6) is 0. The van der Waals surface area contributed by atoms with Crippen LogP contribution in [0.25, 0.3) is 10.9 Å². The van der Waals surface area contributed by atoms with Crippen LogP contribution in [0.3, 0.4) is 0 Å². The van der Waals surface area contributed by atoms with Gasteiger partial charge < -0.3 is 9.64 Å². The van der Waals surface area contributed by atoms with Crippen LogP contribution >= 0.6 is 15.9 Å². The molecule has 1 aromatic carbocycles. The van der Waals surface area contributed by atoms with Crippen molar-refractivity contribution in [2.45, 2.75) is 38.8 Å². The molecule has 1 amide bonds. The number of hydrogen-bond acceptors (Lipinski definition) is 3. The maximum absolute atomic E-state index is 12.2. The molecule has 0 N–H and O–H groups in total. The second-order valence-corrected chi connectivity index (χ2v) is 7.58. The molecule has 22 heavy (non-hydrogen) atoms. The summed E-state index contributed by atoms with van der Waals surface area (Å²) in [7, 11) is 0. The highest BCUT2D eigenvalue weighted by Gasteiger charge is 2.31. The van der Waals surface area contributed by atoms with E-state index in [4.69, 9.17) is 4.74 Å². The molecule has 2 heterocycles. The number of benzene rings is 1. The summed E-state index contributed by atoms with van der Waals surface area (Å²) in [6.07, 6.45) is 2.52. The third kappa shape index (κ3) is 3.11. The Morgan fingerprint density at radius 1 is 1.41 bits per heavy atom. The predicted molar refractivity (Wildman–Crippen MR) is 88.9 cm³/mol. The third-order valence-corrected chi connectivity index (χ3v) is 4.21. The first-order chi connectivity index (χ1) is 10.3. The second kappa shape index (κ2) is 5.57. The Hall–Kier alpha value is -1.56. The van der Waals surface area contributed by atoms with Crippen molar-refractivity contribution < 1.29 is 9.53 Å². The van der Waals surface area contributed by atoms with Crippen molar-refractivity contribution in [2.24, 2.45) is 0 Å². The molecule has 1 fully saturated rings. The van der Waals surface area contributed by atoms with Crippen molar-refractivity contribution in [3.63, 3.8) is 0 Å². The summed E-state index contributed by atoms with van der Waals surface area (Å²) in [4.78, 5) is 13.9. The summed E-state index contributed by atoms with van der Waals surface area (Å²) in [6, 6.07) is 6.33. The van der Waals surface area contributed by atoms with E-state index in [1.54, 1.807) is 4.90 Å². The number of carbonyl (C=O) groups is 1. The molecule has 118 valence electrons. The van der Waals surface area contributed by atoms with Crippen molar-refractivity contribution in [1.29, 1.82) is 0 Å². The fourth-order valence-electron chi connectivity index (χ4n) is 2.75. The lowest BCUT2D eigenvalue weighted by molar-refractivity contribution is 0.0288. The fraction of sp³-hybridized carbons (Fsp3) is 0.500. The summed E-state index contributed by atoms with van der Waals surface area (Å²) in [5, 5.41) is 5.61. The minimum atomic E-state index is -0.458. The van der Waals surface area contributed by atoms with Crippen LogP contribution < -0.4 is 0 Å². The van der Waals surface area contributed by atoms with E-state index >= 15 is 0 Å². The largest absolute Gasteiger partial charge is 0.444 e. The van der Waals surface area contributed by atoms with E-state index in [-0.39, 0.29) is 12.1 Å². The highest BCUT2D eigenvalue weighted by atomic mass is 79.9. The molecular formula is C16H20BrN3O2. The van der Waals surface area contributed by atoms with E-state index in [0.29, 0.717) is 13.1 Å². The molecule has 1 saturated heterocycles. The van der Waals surface area contributed by atoms with Gasteiger partial charge in [-0.2, -0.15) is 5.10 Å². The average Bonchev–Trinajstić information content (AvgIpc) is 3.01. The maximum Gasteiger partial charge on any atom is 0.410 e. The van der Waals surface area contributed by atoms with E-state index in [1.807, 2.05) is 37.7 Å². The van der Waals surface area contributed by atoms with Crippen LogP contribution in [0.4, 0.5) is 4.79 Å². The third-order valence-electron chi connectivity index (χ3n) is 3.72. The molecule has 0 spiro atoms. The smallest absolute Gasteiger partial charge is 0.410 e. The molecule has 1 aliphatic rings. The van der Waals surface area contributed by atoms with Crippen LogP contribution in [0.5, 0.6) is 0 Å². The summed E-state index contributed by atoms with van der Waals surface area (Å²) in [6.45, 7) is 7.01. The van der Waals surface area contributed by atoms with Gasteiger partial charge in [-0.1, -0.05) is 15.9 Å². The zero-order valence-corrected chi connectivity index (χ0v) is 14.6. The normalized spacial score (nSPS) is 18.9. The molecule has 5 nitrogen and oxygen atoms in total. The number of aromatic nitrogens is 2. The second-order valence-electron chi connectivity index (χ2n) is 6.66. The molecule has 2 aromatic rings. The van der Waals surface area contributed by atoms with Gasteiger partial charge in [0, 0.05) is 22.9 Å². The van der Waals surface area contributed by atoms with Gasteiger partial charge in [-0.05, 0) is 45.4 Å². The Balaban J connectivity index is 1.76. The molecule has 0 aliphatic carbocycles. The Bertz CT molecular complexity index is 705. The Kier molecular flexibility index (Phi) is 3.89. The number of amides is 1. The number of likely N-dealkylation sites (tertiary alicyclic amines) is 1. The van der Waals surface area contributed by atoms with E-state index in [1.165, 1.54) is 0 Å². The lowest BCUT2D eigenvalue weighted by Crippen LogP contribution is -2.35. The quantitative estimate of drug-likeness (QED) is 0.767. The number of hydrogen-bond donors (Lipinski definition) is 0. The molecular weight excluding hydrogens is 346 g/mol. The molecule has 0 bridgehead atoms. The van der Waals surface area contributed by atoms with E-state index in [9.17, 15) is 4.79 Å². The van der Waals surface area contributed by atoms with Crippen LogP contribution in [0.15, 0.2) is 28.9 Å². The van der Waals surface area contributed by atoms with Gasteiger partial charge >= 0.3 is 6.09 Å². The monoisotopic (exact) mass is 365 g/mol. The number of carbonyl (C=O) groups excluding carboxylic acids is 1. The van der Waals surface area contributed by atoms with Crippen molar-refractivity contribution in [3.8, 4) is 0 Å². The molecule has 3 rings (SSSR count). The highest BCUT2D eigenvalue weighted by molar-refractivity contribution is 9.10. The van der Waals surface area contributed by atoms with Crippen molar-refractivity contribution in [1.82, 2.24) is 14.7 Å². The van der Waals surface area contributed by atoms with E-state index < -0.39 is 5.60 Å². The van der Waals surface area contributed by atoms with Gasteiger partial charge in [0.1, 0.15) is 5.60 Å². The Morgan fingerprint density at radius 2 is 2.18 bits per heavy atom. The molecule has 1 atom stereocenters. The average molecular weight is 366 g/mol. The van der Waals surface area contributed by atoms with Crippen LogP contribution in [-0.2, 0) is 4.74 Å². The van der Waals surface area contributed by atoms with Gasteiger partial charge in [0.2, 0.25) is 0 Å². The summed E-state index contributed by atoms with van der Waals surface area (Å²) in [5.41, 5.74) is 0.638. The topological polar surface area (TPSA) is 47.4 Å². The molecule has 1 aliphatic heterocycles. The molecule has 0 radical (unpaired) electrons. The Morgan fingerprint density at radius 3 is 2.91 bits per heavy atom. The molecule has 0 saturated carbocycles. The van der Waals surface area contributed by atoms with Crippen molar-refractivity contribution in [3.05, 3.63) is 28.9 Å². The van der Waals surface area contributed by atoms with Gasteiger partial charge in [0.25, 0.3) is 0 Å². The zero-order valence-electron chi connectivity index (χ0n) is 13.0. The number of rotatable bonds is 1. The number of fused-ring (bicyclic) bond motifs is 1. The van der Waals surface area contributed by atoms with Gasteiger partial charge in [0.05, 0.1) is 17.8 Å². The van der Waals surface area contributed by atoms with E-state index in [2.05, 4.69) is 33.2 Å². The van der Waals surface area contributed by atoms with Gasteiger partial charge in [-0.3, -0.25) is 4.68 Å². The number of ether oxygens (including phenoxy) is 1. The zero-order chi connectivity index (χ0) is 15.9. The Labute approximate surface area is 138 Å². The maximum atomic E-state index is 12.2. The van der Waals surface area contributed by atoms with Crippen molar-refractivity contribution in [2.75, 3.05) is 13.1 Å². The van der Waals surface area contributed by atoms with Gasteiger partial charge in [-0.25, -0.2) is 4.79 Å². The standard InChI is InChI=1S/C16H20BrN3O2/c1-16(2,3)22-15(21)19-7-6-13(10-19)20-14-5-4-12(17)8-11(14)9-18-20/h4-5,8-9,13H,6-7,10H2,1-3H3/t13-/m1/s1. The van der Waals surface area contributed by atoms with Gasteiger partial charge in [0.15, 0.2) is 0 Å². The minimum Gasteiger partial charge on any atom is -0.444 e. The van der Waals surface area contributed by atoms with Crippen LogP contribution in [0, 0.1) is 0 Å². The SMILES string of the molecule is CC(C)(C)OC(=O)N1CC[C@@H](n2ncc3cc(Br)ccc32)C1. The summed E-state index contributed by atoms with van der Waals surface area (Å²) >= 11 is 3.48. The highest BCUT2D eigenvalue weighted by Crippen LogP contribution is 2.28. The van der Waals surface area contributed by atoms with Crippen LogP contribution in [-0.4, -0.2) is 39.5 Å². The van der Waals surface area contributed by atoms with Gasteiger partial charge in [-0.15, -0.1) is 0 Å². The first kappa shape index (κ1) is 15.3. The van der Waals surface area contributed by atoms with Crippen LogP contribution in [0.2, 0.25) is 0 Å². The first-order valence-electron chi connectivity index (χ1n) is 7.44. The first-order valence-corrected chi connectivity index (χ1v) is 8.23. The molecule has 1 aromatic heterocycles. The summed E-state index contributed by atoms with van der Waals surface area (Å²) < 4.78 is 8.50. The predicted octanol–water partition coefficient (Wildman–Crippen LogP) is 3.98. The lowest BCUT2D eigenvalue weighted by atomic mass is 10.2.